The summed E-state index contributed by atoms with van der Waals surface area (Å²) in [4.78, 5) is 0. The lowest BCUT2D eigenvalue weighted by molar-refractivity contribution is -0.323. The Balaban J connectivity index is 2.12. The van der Waals surface area contributed by atoms with Gasteiger partial charge in [-0.2, -0.15) is 0 Å². The summed E-state index contributed by atoms with van der Waals surface area (Å²) in [6, 6.07) is 0.178. The van der Waals surface area contributed by atoms with Crippen molar-refractivity contribution in [1.29, 1.82) is 0 Å². The molecule has 1 aliphatic carbocycles. The molecule has 0 bridgehead atoms. The zero-order valence-electron chi connectivity index (χ0n) is 8.70. The van der Waals surface area contributed by atoms with E-state index in [1.807, 2.05) is 13.8 Å². The van der Waals surface area contributed by atoms with E-state index < -0.39 is 6.36 Å². The van der Waals surface area contributed by atoms with Gasteiger partial charge in [0, 0.05) is 18.0 Å². The molecule has 0 aromatic heterocycles. The zero-order chi connectivity index (χ0) is 11.7. The molecule has 1 aliphatic rings. The minimum absolute atomic E-state index is 0.0558. The average Bonchev–Trinajstić information content (AvgIpc) is 2.08. The quantitative estimate of drug-likeness (QED) is 0.607. The van der Waals surface area contributed by atoms with E-state index in [9.17, 15) is 13.2 Å². The minimum Gasteiger partial charge on any atom is -0.311 e. The Kier molecular flexibility index (Phi) is 3.90. The van der Waals surface area contributed by atoms with Gasteiger partial charge in [-0.25, -0.2) is 0 Å². The van der Waals surface area contributed by atoms with Crippen LogP contribution < -0.4 is 5.32 Å². The van der Waals surface area contributed by atoms with Crippen LogP contribution in [0.25, 0.3) is 0 Å². The van der Waals surface area contributed by atoms with Crippen LogP contribution in [0.4, 0.5) is 13.2 Å². The molecule has 0 aromatic rings. The Bertz CT molecular complexity index is 220. The second kappa shape index (κ2) is 4.47. The highest BCUT2D eigenvalue weighted by Crippen LogP contribution is 2.44. The van der Waals surface area contributed by atoms with Crippen molar-refractivity contribution in [2.45, 2.75) is 38.0 Å². The highest BCUT2D eigenvalue weighted by molar-refractivity contribution is 6.21. The van der Waals surface area contributed by atoms with Crippen LogP contribution in [0.15, 0.2) is 0 Å². The lowest BCUT2D eigenvalue weighted by Gasteiger charge is -2.49. The Labute approximate surface area is 92.1 Å². The van der Waals surface area contributed by atoms with E-state index in [1.165, 1.54) is 0 Å². The molecule has 6 heteroatoms. The maximum Gasteiger partial charge on any atom is 0.522 e. The topological polar surface area (TPSA) is 21.3 Å². The summed E-state index contributed by atoms with van der Waals surface area (Å²) in [5.74, 6) is 0. The van der Waals surface area contributed by atoms with E-state index in [1.54, 1.807) is 0 Å². The van der Waals surface area contributed by atoms with E-state index in [0.29, 0.717) is 0 Å². The van der Waals surface area contributed by atoms with Crippen LogP contribution in [0.1, 0.15) is 20.3 Å². The van der Waals surface area contributed by atoms with Crippen LogP contribution in [-0.2, 0) is 4.74 Å². The van der Waals surface area contributed by atoms with E-state index in [2.05, 4.69) is 10.1 Å². The van der Waals surface area contributed by atoms with Gasteiger partial charge in [0.25, 0.3) is 0 Å². The summed E-state index contributed by atoms with van der Waals surface area (Å²) in [5, 5.41) is 3.10. The summed E-state index contributed by atoms with van der Waals surface area (Å²) < 4.78 is 38.5. The SMILES string of the molecule is CC1(C)C(Cl)CC1NCCOC(F)(F)F. The molecule has 90 valence electrons. The molecular weight excluding hydrogens is 231 g/mol. The van der Waals surface area contributed by atoms with Gasteiger partial charge < -0.3 is 5.32 Å². The molecule has 2 atom stereocenters. The van der Waals surface area contributed by atoms with Crippen molar-refractivity contribution in [3.05, 3.63) is 0 Å². The van der Waals surface area contributed by atoms with Gasteiger partial charge in [0.2, 0.25) is 0 Å². The first-order valence-electron chi connectivity index (χ1n) is 4.81. The van der Waals surface area contributed by atoms with Gasteiger partial charge in [-0.1, -0.05) is 13.8 Å². The molecule has 0 heterocycles. The molecule has 0 saturated heterocycles. The molecule has 1 saturated carbocycles. The highest BCUT2D eigenvalue weighted by Gasteiger charge is 2.46. The Morgan fingerprint density at radius 3 is 2.47 bits per heavy atom. The molecule has 0 aliphatic heterocycles. The maximum atomic E-state index is 11.6. The molecule has 1 N–H and O–H groups in total. The van der Waals surface area contributed by atoms with Crippen molar-refractivity contribution < 1.29 is 17.9 Å². The number of hydrogen-bond acceptors (Lipinski definition) is 2. The van der Waals surface area contributed by atoms with Crippen LogP contribution in [0.5, 0.6) is 0 Å². The van der Waals surface area contributed by atoms with Gasteiger partial charge in [0.15, 0.2) is 0 Å². The van der Waals surface area contributed by atoms with Crippen LogP contribution >= 0.6 is 11.6 Å². The number of alkyl halides is 4. The van der Waals surface area contributed by atoms with Crippen molar-refractivity contribution >= 4 is 11.6 Å². The molecule has 0 spiro atoms. The first-order chi connectivity index (χ1) is 6.73. The van der Waals surface area contributed by atoms with Gasteiger partial charge in [-0.05, 0) is 11.8 Å². The molecule has 0 radical (unpaired) electrons. The van der Waals surface area contributed by atoms with Crippen molar-refractivity contribution in [2.75, 3.05) is 13.2 Å². The van der Waals surface area contributed by atoms with Gasteiger partial charge in [-0.3, -0.25) is 4.74 Å². The van der Waals surface area contributed by atoms with Crippen LogP contribution in [0.2, 0.25) is 0 Å². The maximum absolute atomic E-state index is 11.6. The van der Waals surface area contributed by atoms with E-state index in [-0.39, 0.29) is 30.0 Å². The second-order valence-corrected chi connectivity index (χ2v) is 4.85. The van der Waals surface area contributed by atoms with Crippen LogP contribution in [-0.4, -0.2) is 30.9 Å². The lowest BCUT2D eigenvalue weighted by Crippen LogP contribution is -2.58. The summed E-state index contributed by atoms with van der Waals surface area (Å²) in [6.45, 7) is 3.83. The Morgan fingerprint density at radius 1 is 1.47 bits per heavy atom. The largest absolute Gasteiger partial charge is 0.522 e. The van der Waals surface area contributed by atoms with Crippen molar-refractivity contribution in [3.8, 4) is 0 Å². The van der Waals surface area contributed by atoms with Gasteiger partial charge in [-0.15, -0.1) is 24.8 Å². The summed E-state index contributed by atoms with van der Waals surface area (Å²) in [7, 11) is 0. The molecule has 2 unspecified atom stereocenters. The lowest BCUT2D eigenvalue weighted by atomic mass is 9.67. The molecule has 15 heavy (non-hydrogen) atoms. The number of hydrogen-bond donors (Lipinski definition) is 1. The van der Waals surface area contributed by atoms with E-state index in [4.69, 9.17) is 11.6 Å². The predicted octanol–water partition coefficient (Wildman–Crippen LogP) is 2.52. The predicted molar refractivity (Wildman–Crippen MR) is 51.8 cm³/mol. The van der Waals surface area contributed by atoms with Gasteiger partial charge >= 0.3 is 6.36 Å². The van der Waals surface area contributed by atoms with Crippen molar-refractivity contribution in [1.82, 2.24) is 5.32 Å². The third-order valence-electron chi connectivity index (χ3n) is 2.91. The van der Waals surface area contributed by atoms with E-state index in [0.717, 1.165) is 6.42 Å². The summed E-state index contributed by atoms with van der Waals surface area (Å²) in [5.41, 5.74) is -0.0558. The fourth-order valence-corrected chi connectivity index (χ4v) is 1.95. The monoisotopic (exact) mass is 245 g/mol. The Hall–Kier alpha value is -0.0000000000000000555. The molecule has 2 nitrogen and oxygen atoms in total. The molecular formula is C9H15ClF3NO. The van der Waals surface area contributed by atoms with Crippen molar-refractivity contribution in [2.24, 2.45) is 5.41 Å². The molecule has 1 fully saturated rings. The molecule has 1 rings (SSSR count). The first-order valence-corrected chi connectivity index (χ1v) is 5.25. The normalized spacial score (nSPS) is 30.0. The second-order valence-electron chi connectivity index (χ2n) is 4.33. The Morgan fingerprint density at radius 2 is 2.07 bits per heavy atom. The minimum atomic E-state index is -4.54. The fraction of sp³-hybridized carbons (Fsp3) is 1.00. The van der Waals surface area contributed by atoms with Crippen LogP contribution in [0, 0.1) is 5.41 Å². The molecule has 0 aromatic carbocycles. The van der Waals surface area contributed by atoms with Gasteiger partial charge in [0.1, 0.15) is 0 Å². The number of ether oxygens (including phenoxy) is 1. The highest BCUT2D eigenvalue weighted by atomic mass is 35.5. The number of halogens is 4. The third-order valence-corrected chi connectivity index (χ3v) is 3.65. The third kappa shape index (κ3) is 3.50. The van der Waals surface area contributed by atoms with Crippen molar-refractivity contribution in [3.63, 3.8) is 0 Å². The number of rotatable bonds is 4. The summed E-state index contributed by atoms with van der Waals surface area (Å²) >= 11 is 5.97. The van der Waals surface area contributed by atoms with Gasteiger partial charge in [0.05, 0.1) is 6.61 Å². The summed E-state index contributed by atoms with van der Waals surface area (Å²) in [6.07, 6.45) is -3.74. The fourth-order valence-electron chi connectivity index (χ4n) is 1.62. The average molecular weight is 246 g/mol. The number of nitrogens with one attached hydrogen (secondary N) is 1. The van der Waals surface area contributed by atoms with Crippen LogP contribution in [0.3, 0.4) is 0 Å². The smallest absolute Gasteiger partial charge is 0.311 e. The van der Waals surface area contributed by atoms with E-state index >= 15 is 0 Å². The zero-order valence-corrected chi connectivity index (χ0v) is 9.45. The molecule has 0 amide bonds. The first kappa shape index (κ1) is 13.1. The standard InChI is InChI=1S/C9H15ClF3NO/c1-8(2)6(10)5-7(8)14-3-4-15-9(11,12)13/h6-7,14H,3-5H2,1-2H3.